The number of hydrogen-bond donors (Lipinski definition) is 0. The highest BCUT2D eigenvalue weighted by atomic mass is 15.0. The summed E-state index contributed by atoms with van der Waals surface area (Å²) in [4.78, 5) is 0. The molecule has 0 radical (unpaired) electrons. The van der Waals surface area contributed by atoms with Crippen LogP contribution in [0.5, 0.6) is 0 Å². The minimum absolute atomic E-state index is 0.397. The van der Waals surface area contributed by atoms with Crippen LogP contribution in [0.4, 0.5) is 0 Å². The van der Waals surface area contributed by atoms with Crippen molar-refractivity contribution < 1.29 is 0 Å². The van der Waals surface area contributed by atoms with E-state index in [4.69, 9.17) is 0 Å². The highest BCUT2D eigenvalue weighted by Crippen LogP contribution is 2.50. The van der Waals surface area contributed by atoms with Crippen molar-refractivity contribution in [1.29, 1.82) is 10.5 Å². The van der Waals surface area contributed by atoms with Crippen molar-refractivity contribution in [3.8, 4) is 57.1 Å². The lowest BCUT2D eigenvalue weighted by Crippen LogP contribution is -2.11. The molecule has 0 unspecified atom stereocenters. The number of hydrogen-bond acceptors (Lipinski definition) is 2. The fourth-order valence-electron chi connectivity index (χ4n) is 12.3. The molecule has 0 atom stereocenters. The van der Waals surface area contributed by atoms with Gasteiger partial charge >= 0.3 is 0 Å². The second-order valence-corrected chi connectivity index (χ2v) is 19.0. The number of nitriles is 2. The SMILES string of the molecule is N#Cc1c(-c2cccc(-n3c4ccccc4c4ccccc43)c2)c(C#N)c(-n2c3ccccc3c3ccccc32)c(-c2cccc(-n3c4ccccc4c4ccccc43)c2)c1-n1c2ccccc2c2ccccc21. The Morgan fingerprint density at radius 3 is 0.757 bits per heavy atom. The average molecular weight is 941 g/mol. The maximum atomic E-state index is 12.2. The summed E-state index contributed by atoms with van der Waals surface area (Å²) in [5, 5.41) is 33.4. The fourth-order valence-corrected chi connectivity index (χ4v) is 12.3. The van der Waals surface area contributed by atoms with Gasteiger partial charge in [-0.25, -0.2) is 0 Å². The van der Waals surface area contributed by atoms with Crippen LogP contribution >= 0.6 is 0 Å². The van der Waals surface area contributed by atoms with Gasteiger partial charge in [-0.15, -0.1) is 0 Å². The zero-order valence-electron chi connectivity index (χ0n) is 39.8. The van der Waals surface area contributed by atoms with Crippen molar-refractivity contribution in [2.45, 2.75) is 0 Å². The summed E-state index contributed by atoms with van der Waals surface area (Å²) in [6.45, 7) is 0. The van der Waals surface area contributed by atoms with E-state index in [1.807, 2.05) is 0 Å². The van der Waals surface area contributed by atoms with E-state index in [1.165, 1.54) is 0 Å². The van der Waals surface area contributed by atoms with Crippen molar-refractivity contribution >= 4 is 87.2 Å². The van der Waals surface area contributed by atoms with Crippen LogP contribution in [-0.4, -0.2) is 18.3 Å². The lowest BCUT2D eigenvalue weighted by atomic mass is 9.86. The highest BCUT2D eigenvalue weighted by Gasteiger charge is 2.32. The third kappa shape index (κ3) is 5.79. The largest absolute Gasteiger partial charge is 0.309 e. The molecule has 0 N–H and O–H groups in total. The molecular formula is C68H40N6. The van der Waals surface area contributed by atoms with E-state index in [9.17, 15) is 10.5 Å². The molecule has 4 aromatic heterocycles. The molecule has 0 aliphatic carbocycles. The van der Waals surface area contributed by atoms with E-state index in [-0.39, 0.29) is 0 Å². The number of benzene rings is 11. The monoisotopic (exact) mass is 940 g/mol. The van der Waals surface area contributed by atoms with Crippen molar-refractivity contribution in [3.05, 3.63) is 254 Å². The van der Waals surface area contributed by atoms with Crippen molar-refractivity contribution in [1.82, 2.24) is 18.3 Å². The van der Waals surface area contributed by atoms with Crippen LogP contribution < -0.4 is 0 Å². The summed E-state index contributed by atoms with van der Waals surface area (Å²) in [6, 6.07) is 90.6. The molecule has 4 heterocycles. The molecule has 15 aromatic rings. The summed E-state index contributed by atoms with van der Waals surface area (Å²) >= 11 is 0. The fraction of sp³-hybridized carbons (Fsp3) is 0. The van der Waals surface area contributed by atoms with Crippen LogP contribution in [0.15, 0.2) is 243 Å². The Morgan fingerprint density at radius 2 is 0.486 bits per heavy atom. The maximum absolute atomic E-state index is 12.2. The number of fused-ring (bicyclic) bond motifs is 12. The first-order chi connectivity index (χ1) is 36.7. The van der Waals surface area contributed by atoms with Crippen molar-refractivity contribution in [2.24, 2.45) is 0 Å². The van der Waals surface area contributed by atoms with Crippen LogP contribution in [-0.2, 0) is 0 Å². The summed E-state index contributed by atoms with van der Waals surface area (Å²) in [6.07, 6.45) is 0. The van der Waals surface area contributed by atoms with Gasteiger partial charge in [-0.1, -0.05) is 170 Å². The van der Waals surface area contributed by atoms with E-state index >= 15 is 0 Å². The van der Waals surface area contributed by atoms with E-state index in [1.54, 1.807) is 0 Å². The first-order valence-electron chi connectivity index (χ1n) is 24.9. The van der Waals surface area contributed by atoms with Crippen molar-refractivity contribution in [2.75, 3.05) is 0 Å². The van der Waals surface area contributed by atoms with Gasteiger partial charge in [-0.05, 0) is 83.9 Å². The molecule has 0 aliphatic rings. The Labute approximate surface area is 424 Å². The molecule has 0 amide bonds. The molecule has 0 aliphatic heterocycles. The van der Waals surface area contributed by atoms with Crippen LogP contribution in [0.2, 0.25) is 0 Å². The third-order valence-corrected chi connectivity index (χ3v) is 15.2. The summed E-state index contributed by atoms with van der Waals surface area (Å²) in [5.74, 6) is 0. The first kappa shape index (κ1) is 41.4. The predicted molar refractivity (Wildman–Crippen MR) is 304 cm³/mol. The van der Waals surface area contributed by atoms with Crippen LogP contribution in [0.25, 0.3) is 132 Å². The summed E-state index contributed by atoms with van der Waals surface area (Å²) in [7, 11) is 0. The number of nitrogens with zero attached hydrogens (tertiary/aromatic N) is 6. The Kier molecular flexibility index (Phi) is 8.99. The molecule has 0 saturated carbocycles. The molecule has 11 aromatic carbocycles. The van der Waals surface area contributed by atoms with Crippen molar-refractivity contribution in [3.63, 3.8) is 0 Å². The smallest absolute Gasteiger partial charge is 0.102 e. The molecule has 15 rings (SSSR count). The zero-order valence-corrected chi connectivity index (χ0v) is 39.8. The summed E-state index contributed by atoms with van der Waals surface area (Å²) < 4.78 is 9.19. The molecular weight excluding hydrogens is 901 g/mol. The quantitative estimate of drug-likeness (QED) is 0.167. The van der Waals surface area contributed by atoms with Gasteiger partial charge in [0.05, 0.1) is 66.6 Å². The minimum atomic E-state index is 0.397. The van der Waals surface area contributed by atoms with Crippen LogP contribution in [0, 0.1) is 22.7 Å². The number of rotatable bonds is 6. The van der Waals surface area contributed by atoms with Gasteiger partial charge in [-0.3, -0.25) is 0 Å². The van der Waals surface area contributed by atoms with E-state index in [2.05, 4.69) is 273 Å². The summed E-state index contributed by atoms with van der Waals surface area (Å²) in [5.41, 5.74) is 15.1. The maximum Gasteiger partial charge on any atom is 0.102 e. The van der Waals surface area contributed by atoms with Gasteiger partial charge < -0.3 is 18.3 Å². The third-order valence-electron chi connectivity index (χ3n) is 15.2. The molecule has 0 fully saturated rings. The number of para-hydroxylation sites is 8. The van der Waals surface area contributed by atoms with Crippen LogP contribution in [0.1, 0.15) is 11.1 Å². The normalized spacial score (nSPS) is 11.8. The molecule has 0 spiro atoms. The Bertz CT molecular complexity index is 4580. The number of aromatic nitrogens is 4. The average Bonchev–Trinajstić information content (AvgIpc) is 4.20. The van der Waals surface area contributed by atoms with Gasteiger partial charge in [0, 0.05) is 65.6 Å². The molecule has 342 valence electrons. The van der Waals surface area contributed by atoms with Gasteiger partial charge in [0.25, 0.3) is 0 Å². The van der Waals surface area contributed by atoms with Gasteiger partial charge in [-0.2, -0.15) is 10.5 Å². The zero-order chi connectivity index (χ0) is 49.0. The van der Waals surface area contributed by atoms with E-state index in [0.717, 1.165) is 115 Å². The second kappa shape index (κ2) is 16.1. The first-order valence-corrected chi connectivity index (χ1v) is 24.9. The Balaban J connectivity index is 1.15. The molecule has 0 saturated heterocycles. The van der Waals surface area contributed by atoms with E-state index in [0.29, 0.717) is 28.1 Å². The molecule has 0 bridgehead atoms. The molecule has 6 heteroatoms. The molecule has 74 heavy (non-hydrogen) atoms. The highest BCUT2D eigenvalue weighted by molar-refractivity contribution is 6.15. The molecule has 6 nitrogen and oxygen atoms in total. The van der Waals surface area contributed by atoms with Crippen LogP contribution in [0.3, 0.4) is 0 Å². The van der Waals surface area contributed by atoms with Gasteiger partial charge in [0.1, 0.15) is 12.1 Å². The lowest BCUT2D eigenvalue weighted by Gasteiger charge is -2.26. The van der Waals surface area contributed by atoms with Gasteiger partial charge in [0.15, 0.2) is 0 Å². The lowest BCUT2D eigenvalue weighted by molar-refractivity contribution is 1.12. The minimum Gasteiger partial charge on any atom is -0.309 e. The Hall–Kier alpha value is -10.4. The van der Waals surface area contributed by atoms with E-state index < -0.39 is 0 Å². The van der Waals surface area contributed by atoms with Gasteiger partial charge in [0.2, 0.25) is 0 Å². The Morgan fingerprint density at radius 1 is 0.243 bits per heavy atom. The second-order valence-electron chi connectivity index (χ2n) is 19.0. The standard InChI is InChI=1S/C68H40N6/c69-41-55-65(43-19-17-21-45(39-43)71-57-31-9-1-23-47(57)48-24-2-10-32-58(48)71)56(42-70)68(74-63-37-15-7-29-53(63)54-30-8-16-38-64(54)74)66(67(55)73-61-35-13-5-27-51(61)52-28-6-14-36-62(52)73)44-20-18-22-46(40-44)72-59-33-11-3-25-49(59)50-26-4-12-34-60(50)72/h1-40H. The predicted octanol–water partition coefficient (Wildman–Crippen LogP) is 17.2. The topological polar surface area (TPSA) is 67.3 Å².